The summed E-state index contributed by atoms with van der Waals surface area (Å²) in [5.41, 5.74) is 6.24. The Balaban J connectivity index is 2.59. The van der Waals surface area contributed by atoms with E-state index in [1.807, 2.05) is 25.1 Å². The predicted octanol–water partition coefficient (Wildman–Crippen LogP) is 0.623. The SMILES string of the molecule is CC(CCN)N(C)S(=O)(=O)CCc1ccccn1. The predicted molar refractivity (Wildman–Crippen MR) is 72.6 cm³/mol. The van der Waals surface area contributed by atoms with Crippen LogP contribution in [-0.4, -0.2) is 43.1 Å². The monoisotopic (exact) mass is 271 g/mol. The van der Waals surface area contributed by atoms with E-state index in [9.17, 15) is 8.42 Å². The lowest BCUT2D eigenvalue weighted by atomic mass is 10.2. The van der Waals surface area contributed by atoms with Crippen LogP contribution >= 0.6 is 0 Å². The Kier molecular flexibility index (Phi) is 5.71. The lowest BCUT2D eigenvalue weighted by Gasteiger charge is -2.23. The van der Waals surface area contributed by atoms with E-state index in [1.165, 1.54) is 4.31 Å². The number of sulfonamides is 1. The van der Waals surface area contributed by atoms with Gasteiger partial charge in [-0.05, 0) is 32.0 Å². The highest BCUT2D eigenvalue weighted by molar-refractivity contribution is 7.89. The molecule has 0 aliphatic carbocycles. The molecule has 0 bridgehead atoms. The maximum Gasteiger partial charge on any atom is 0.214 e. The Morgan fingerprint density at radius 3 is 2.72 bits per heavy atom. The van der Waals surface area contributed by atoms with Gasteiger partial charge in [-0.15, -0.1) is 0 Å². The van der Waals surface area contributed by atoms with Gasteiger partial charge in [-0.3, -0.25) is 4.98 Å². The van der Waals surface area contributed by atoms with Gasteiger partial charge in [0.1, 0.15) is 0 Å². The number of hydrogen-bond acceptors (Lipinski definition) is 4. The van der Waals surface area contributed by atoms with Crippen LogP contribution < -0.4 is 5.73 Å². The first-order valence-electron chi connectivity index (χ1n) is 6.03. The molecule has 0 aliphatic rings. The highest BCUT2D eigenvalue weighted by atomic mass is 32.2. The molecule has 1 unspecified atom stereocenters. The first-order chi connectivity index (χ1) is 8.47. The molecule has 6 heteroatoms. The number of pyridine rings is 1. The van der Waals surface area contributed by atoms with Gasteiger partial charge in [0.2, 0.25) is 10.0 Å². The van der Waals surface area contributed by atoms with E-state index in [4.69, 9.17) is 5.73 Å². The van der Waals surface area contributed by atoms with Crippen LogP contribution in [0.4, 0.5) is 0 Å². The minimum absolute atomic E-state index is 0.0660. The summed E-state index contributed by atoms with van der Waals surface area (Å²) in [5.74, 6) is 0.0788. The molecule has 102 valence electrons. The number of hydrogen-bond donors (Lipinski definition) is 1. The molecule has 1 rings (SSSR count). The Morgan fingerprint density at radius 1 is 1.44 bits per heavy atom. The van der Waals surface area contributed by atoms with Gasteiger partial charge in [0.15, 0.2) is 0 Å². The molecule has 0 spiro atoms. The van der Waals surface area contributed by atoms with Gasteiger partial charge in [0.05, 0.1) is 5.75 Å². The van der Waals surface area contributed by atoms with Gasteiger partial charge >= 0.3 is 0 Å². The van der Waals surface area contributed by atoms with Crippen LogP contribution in [-0.2, 0) is 16.4 Å². The zero-order chi connectivity index (χ0) is 13.6. The van der Waals surface area contributed by atoms with Gasteiger partial charge < -0.3 is 5.73 Å². The van der Waals surface area contributed by atoms with Crippen LogP contribution in [0.3, 0.4) is 0 Å². The Labute approximate surface area is 109 Å². The maximum absolute atomic E-state index is 12.1. The fourth-order valence-corrected chi connectivity index (χ4v) is 3.03. The van der Waals surface area contributed by atoms with Crippen LogP contribution in [0.15, 0.2) is 24.4 Å². The minimum Gasteiger partial charge on any atom is -0.330 e. The average molecular weight is 271 g/mol. The lowest BCUT2D eigenvalue weighted by Crippen LogP contribution is -2.38. The normalized spacial score (nSPS) is 13.8. The summed E-state index contributed by atoms with van der Waals surface area (Å²) < 4.78 is 25.6. The fourth-order valence-electron chi connectivity index (χ4n) is 1.62. The quantitative estimate of drug-likeness (QED) is 0.789. The Hall–Kier alpha value is -0.980. The molecule has 2 N–H and O–H groups in total. The number of rotatable bonds is 7. The van der Waals surface area contributed by atoms with Crippen LogP contribution in [0.5, 0.6) is 0 Å². The van der Waals surface area contributed by atoms with Crippen LogP contribution in [0.2, 0.25) is 0 Å². The van der Waals surface area contributed by atoms with Gasteiger partial charge in [-0.2, -0.15) is 0 Å². The largest absolute Gasteiger partial charge is 0.330 e. The van der Waals surface area contributed by atoms with Crippen LogP contribution in [0.25, 0.3) is 0 Å². The van der Waals surface area contributed by atoms with E-state index < -0.39 is 10.0 Å². The maximum atomic E-state index is 12.1. The first kappa shape index (κ1) is 15.1. The van der Waals surface area contributed by atoms with Crippen molar-refractivity contribution in [3.05, 3.63) is 30.1 Å². The second-order valence-corrected chi connectivity index (χ2v) is 6.48. The van der Waals surface area contributed by atoms with Crippen molar-refractivity contribution in [2.45, 2.75) is 25.8 Å². The zero-order valence-electron chi connectivity index (χ0n) is 10.9. The summed E-state index contributed by atoms with van der Waals surface area (Å²) in [5, 5.41) is 0. The number of nitrogens with two attached hydrogens (primary N) is 1. The summed E-state index contributed by atoms with van der Waals surface area (Å²) >= 11 is 0. The van der Waals surface area contributed by atoms with E-state index >= 15 is 0 Å². The van der Waals surface area contributed by atoms with Crippen molar-refractivity contribution >= 4 is 10.0 Å². The van der Waals surface area contributed by atoms with E-state index in [0.29, 0.717) is 19.4 Å². The zero-order valence-corrected chi connectivity index (χ0v) is 11.7. The fraction of sp³-hybridized carbons (Fsp3) is 0.583. The molecule has 0 fully saturated rings. The van der Waals surface area contributed by atoms with E-state index in [2.05, 4.69) is 4.98 Å². The average Bonchev–Trinajstić information content (AvgIpc) is 2.37. The summed E-state index contributed by atoms with van der Waals surface area (Å²) in [6.07, 6.45) is 2.77. The molecule has 1 heterocycles. The third-order valence-electron chi connectivity index (χ3n) is 2.99. The molecule has 1 aromatic rings. The highest BCUT2D eigenvalue weighted by Gasteiger charge is 2.22. The van der Waals surface area contributed by atoms with Gasteiger partial charge in [0.25, 0.3) is 0 Å². The van der Waals surface area contributed by atoms with E-state index in [0.717, 1.165) is 5.69 Å². The molecule has 1 atom stereocenters. The smallest absolute Gasteiger partial charge is 0.214 e. The number of aromatic nitrogens is 1. The van der Waals surface area contributed by atoms with Crippen molar-refractivity contribution in [3.8, 4) is 0 Å². The van der Waals surface area contributed by atoms with Crippen molar-refractivity contribution in [1.82, 2.24) is 9.29 Å². The van der Waals surface area contributed by atoms with Gasteiger partial charge in [0, 0.05) is 31.4 Å². The summed E-state index contributed by atoms with van der Waals surface area (Å²) in [6.45, 7) is 2.35. The third-order valence-corrected chi connectivity index (χ3v) is 4.94. The molecular formula is C12H21N3O2S. The Morgan fingerprint density at radius 2 is 2.17 bits per heavy atom. The van der Waals surface area contributed by atoms with E-state index in [1.54, 1.807) is 13.2 Å². The molecule has 0 saturated heterocycles. The molecule has 0 aromatic carbocycles. The molecule has 0 aliphatic heterocycles. The summed E-state index contributed by atoms with van der Waals surface area (Å²) in [6, 6.07) is 5.44. The van der Waals surface area contributed by atoms with Crippen molar-refractivity contribution in [1.29, 1.82) is 0 Å². The van der Waals surface area contributed by atoms with Crippen molar-refractivity contribution < 1.29 is 8.42 Å². The number of aryl methyl sites for hydroxylation is 1. The second-order valence-electron chi connectivity index (χ2n) is 4.33. The first-order valence-corrected chi connectivity index (χ1v) is 7.64. The Bertz CT molecular complexity index is 448. The molecule has 5 nitrogen and oxygen atoms in total. The molecule has 0 amide bonds. The number of nitrogens with zero attached hydrogens (tertiary/aromatic N) is 2. The van der Waals surface area contributed by atoms with Gasteiger partial charge in [-0.25, -0.2) is 12.7 Å². The van der Waals surface area contributed by atoms with Crippen molar-refractivity contribution in [3.63, 3.8) is 0 Å². The summed E-state index contributed by atoms with van der Waals surface area (Å²) in [4.78, 5) is 4.12. The molecule has 0 radical (unpaired) electrons. The minimum atomic E-state index is -3.24. The van der Waals surface area contributed by atoms with Crippen LogP contribution in [0, 0.1) is 0 Å². The highest BCUT2D eigenvalue weighted by Crippen LogP contribution is 2.09. The van der Waals surface area contributed by atoms with Crippen molar-refractivity contribution in [2.75, 3.05) is 19.3 Å². The van der Waals surface area contributed by atoms with Crippen LogP contribution in [0.1, 0.15) is 19.0 Å². The van der Waals surface area contributed by atoms with E-state index in [-0.39, 0.29) is 11.8 Å². The molecule has 0 saturated carbocycles. The van der Waals surface area contributed by atoms with Gasteiger partial charge in [-0.1, -0.05) is 6.07 Å². The molecule has 1 aromatic heterocycles. The topological polar surface area (TPSA) is 76.3 Å². The molecule has 18 heavy (non-hydrogen) atoms. The molecular weight excluding hydrogens is 250 g/mol. The van der Waals surface area contributed by atoms with Crippen molar-refractivity contribution in [2.24, 2.45) is 5.73 Å². The third kappa shape index (κ3) is 4.36. The summed E-state index contributed by atoms with van der Waals surface area (Å²) in [7, 11) is -1.64. The second kappa shape index (κ2) is 6.82. The standard InChI is InChI=1S/C12H21N3O2S/c1-11(6-8-13)15(2)18(16,17)10-7-12-5-3-4-9-14-12/h3-5,9,11H,6-8,10,13H2,1-2H3. The lowest BCUT2D eigenvalue weighted by molar-refractivity contribution is 0.374.